The first kappa shape index (κ1) is 27.4. The fourth-order valence-corrected chi connectivity index (χ4v) is 3.81. The summed E-state index contributed by atoms with van der Waals surface area (Å²) in [7, 11) is 0. The van der Waals surface area contributed by atoms with Crippen molar-refractivity contribution >= 4 is 11.9 Å². The van der Waals surface area contributed by atoms with E-state index < -0.39 is 17.5 Å². The second-order valence-corrected chi connectivity index (χ2v) is 8.79. The van der Waals surface area contributed by atoms with Gasteiger partial charge in [-0.3, -0.25) is 4.79 Å². The minimum Gasteiger partial charge on any atom is -0.462 e. The van der Waals surface area contributed by atoms with Crippen LogP contribution in [0.3, 0.4) is 0 Å². The number of hydrogen-bond donors (Lipinski definition) is 1. The van der Waals surface area contributed by atoms with Gasteiger partial charge < -0.3 is 14.6 Å². The fourth-order valence-electron chi connectivity index (χ4n) is 3.81. The zero-order valence-electron chi connectivity index (χ0n) is 19.8. The summed E-state index contributed by atoms with van der Waals surface area (Å²) >= 11 is 0. The number of hydrogen-bond acceptors (Lipinski definition) is 5. The number of allylic oxidation sites excluding steroid dienone is 3. The van der Waals surface area contributed by atoms with Gasteiger partial charge in [-0.1, -0.05) is 76.5 Å². The Hall–Kier alpha value is -1.62. The van der Waals surface area contributed by atoms with Crippen LogP contribution in [0.5, 0.6) is 0 Å². The molecule has 1 fully saturated rings. The quantitative estimate of drug-likeness (QED) is 0.120. The predicted octanol–water partition coefficient (Wildman–Crippen LogP) is 6.19. The van der Waals surface area contributed by atoms with Crippen LogP contribution < -0.4 is 0 Å². The van der Waals surface area contributed by atoms with Crippen molar-refractivity contribution in [2.75, 3.05) is 13.2 Å². The molecule has 0 saturated carbocycles. The summed E-state index contributed by atoms with van der Waals surface area (Å²) in [6.07, 6.45) is 24.2. The van der Waals surface area contributed by atoms with E-state index >= 15 is 0 Å². The molecule has 5 heteroatoms. The maximum atomic E-state index is 12.0. The molecule has 0 aromatic rings. The third-order valence-corrected chi connectivity index (χ3v) is 5.77. The Morgan fingerprint density at radius 3 is 2.06 bits per heavy atom. The van der Waals surface area contributed by atoms with Gasteiger partial charge in [0, 0.05) is 18.9 Å². The number of aliphatic hydroxyl groups is 1. The van der Waals surface area contributed by atoms with E-state index in [1.165, 1.54) is 77.6 Å². The minimum absolute atomic E-state index is 0.102. The number of unbranched alkanes of at least 4 members (excludes halogenated alkanes) is 12. The van der Waals surface area contributed by atoms with Crippen LogP contribution in [-0.2, 0) is 19.1 Å². The SMILES string of the molecule is CCCCCCCC/C=C\CCCCCCC/C=C1/CC(CO)(COC(C)=O)OC1=O. The molecule has 178 valence electrons. The monoisotopic (exact) mass is 436 g/mol. The molecular formula is C26H44O5. The molecule has 1 aliphatic heterocycles. The van der Waals surface area contributed by atoms with Crippen molar-refractivity contribution in [2.45, 2.75) is 116 Å². The van der Waals surface area contributed by atoms with Gasteiger partial charge in [0.05, 0.1) is 6.61 Å². The van der Waals surface area contributed by atoms with E-state index in [1.54, 1.807) is 0 Å². The molecule has 1 saturated heterocycles. The molecule has 31 heavy (non-hydrogen) atoms. The highest BCUT2D eigenvalue weighted by Crippen LogP contribution is 2.31. The molecule has 1 unspecified atom stereocenters. The molecule has 0 aromatic carbocycles. The third-order valence-electron chi connectivity index (χ3n) is 5.77. The zero-order chi connectivity index (χ0) is 22.8. The van der Waals surface area contributed by atoms with E-state index in [0.29, 0.717) is 12.0 Å². The highest BCUT2D eigenvalue weighted by atomic mass is 16.6. The number of aliphatic hydroxyl groups excluding tert-OH is 1. The van der Waals surface area contributed by atoms with E-state index in [4.69, 9.17) is 9.47 Å². The Bertz CT molecular complexity index is 566. The summed E-state index contributed by atoms with van der Waals surface area (Å²) in [6.45, 7) is 3.10. The van der Waals surface area contributed by atoms with Crippen LogP contribution in [0, 0.1) is 0 Å². The smallest absolute Gasteiger partial charge is 0.334 e. The Morgan fingerprint density at radius 1 is 0.968 bits per heavy atom. The van der Waals surface area contributed by atoms with Crippen LogP contribution >= 0.6 is 0 Å². The van der Waals surface area contributed by atoms with Gasteiger partial charge in [-0.15, -0.1) is 0 Å². The molecule has 0 spiro atoms. The van der Waals surface area contributed by atoms with Crippen LogP contribution in [0.1, 0.15) is 110 Å². The van der Waals surface area contributed by atoms with Gasteiger partial charge in [-0.2, -0.15) is 0 Å². The second kappa shape index (κ2) is 17.0. The van der Waals surface area contributed by atoms with Gasteiger partial charge in [0.1, 0.15) is 6.61 Å². The standard InChI is InChI=1S/C26H44O5/c1-3-4-5-6-7-8-9-10-11-12-13-14-15-16-17-18-19-24-20-26(21-27,31-25(24)29)22-30-23(2)28/h10-11,19,27H,3-9,12-18,20-22H2,1-2H3/b11-10-,24-19-. The van der Waals surface area contributed by atoms with Crippen molar-refractivity contribution in [1.29, 1.82) is 0 Å². The first-order valence-electron chi connectivity index (χ1n) is 12.3. The lowest BCUT2D eigenvalue weighted by Crippen LogP contribution is -2.39. The molecule has 1 heterocycles. The van der Waals surface area contributed by atoms with Crippen LogP contribution in [-0.4, -0.2) is 35.9 Å². The Kier molecular flexibility index (Phi) is 15.0. The highest BCUT2D eigenvalue weighted by molar-refractivity contribution is 5.91. The first-order chi connectivity index (χ1) is 15.0. The van der Waals surface area contributed by atoms with E-state index in [2.05, 4.69) is 19.1 Å². The summed E-state index contributed by atoms with van der Waals surface area (Å²) < 4.78 is 10.2. The Balaban J connectivity index is 2.04. The maximum absolute atomic E-state index is 12.0. The molecule has 1 N–H and O–H groups in total. The average molecular weight is 437 g/mol. The third kappa shape index (κ3) is 12.7. The van der Waals surface area contributed by atoms with Gasteiger partial charge in [0.2, 0.25) is 0 Å². The van der Waals surface area contributed by atoms with E-state index in [9.17, 15) is 14.7 Å². The topological polar surface area (TPSA) is 72.8 Å². The number of ether oxygens (including phenoxy) is 2. The largest absolute Gasteiger partial charge is 0.462 e. The molecule has 5 nitrogen and oxygen atoms in total. The number of esters is 2. The number of rotatable bonds is 18. The normalized spacial score (nSPS) is 20.0. The van der Waals surface area contributed by atoms with Crippen molar-refractivity contribution in [3.63, 3.8) is 0 Å². The van der Waals surface area contributed by atoms with Crippen LogP contribution in [0.15, 0.2) is 23.8 Å². The van der Waals surface area contributed by atoms with Crippen molar-refractivity contribution in [1.82, 2.24) is 0 Å². The molecule has 1 rings (SSSR count). The van der Waals surface area contributed by atoms with Crippen molar-refractivity contribution in [2.24, 2.45) is 0 Å². The maximum Gasteiger partial charge on any atom is 0.334 e. The van der Waals surface area contributed by atoms with Crippen LogP contribution in [0.25, 0.3) is 0 Å². The molecule has 1 aliphatic rings. The van der Waals surface area contributed by atoms with Crippen molar-refractivity contribution < 1.29 is 24.2 Å². The van der Waals surface area contributed by atoms with Crippen molar-refractivity contribution in [3.8, 4) is 0 Å². The summed E-state index contributed by atoms with van der Waals surface area (Å²) in [5.41, 5.74) is -0.534. The Morgan fingerprint density at radius 2 is 1.52 bits per heavy atom. The molecule has 0 radical (unpaired) electrons. The van der Waals surface area contributed by atoms with Gasteiger partial charge in [0.25, 0.3) is 0 Å². The first-order valence-corrected chi connectivity index (χ1v) is 12.3. The van der Waals surface area contributed by atoms with Gasteiger partial charge in [-0.05, 0) is 38.5 Å². The van der Waals surface area contributed by atoms with Gasteiger partial charge in [-0.25, -0.2) is 4.79 Å². The van der Waals surface area contributed by atoms with Crippen LogP contribution in [0.4, 0.5) is 0 Å². The number of carbonyl (C=O) groups is 2. The lowest BCUT2D eigenvalue weighted by molar-refractivity contribution is -0.164. The highest BCUT2D eigenvalue weighted by Gasteiger charge is 2.44. The molecule has 0 bridgehead atoms. The summed E-state index contributed by atoms with van der Waals surface area (Å²) in [6, 6.07) is 0. The molecule has 1 atom stereocenters. The molecule has 0 aromatic heterocycles. The predicted molar refractivity (Wildman–Crippen MR) is 125 cm³/mol. The average Bonchev–Trinajstić information content (AvgIpc) is 3.08. The fraction of sp³-hybridized carbons (Fsp3) is 0.769. The lowest BCUT2D eigenvalue weighted by Gasteiger charge is -2.23. The second-order valence-electron chi connectivity index (χ2n) is 8.79. The molecule has 0 amide bonds. The summed E-state index contributed by atoms with van der Waals surface area (Å²) in [4.78, 5) is 23.0. The lowest BCUT2D eigenvalue weighted by atomic mass is 9.98. The Labute approximate surface area is 189 Å². The van der Waals surface area contributed by atoms with Gasteiger partial charge >= 0.3 is 11.9 Å². The summed E-state index contributed by atoms with van der Waals surface area (Å²) in [5.74, 6) is -0.858. The van der Waals surface area contributed by atoms with Gasteiger partial charge in [0.15, 0.2) is 5.60 Å². The minimum atomic E-state index is -1.11. The molecule has 0 aliphatic carbocycles. The summed E-state index contributed by atoms with van der Waals surface area (Å²) in [5, 5.41) is 9.58. The van der Waals surface area contributed by atoms with E-state index in [-0.39, 0.29) is 13.2 Å². The number of cyclic esters (lactones) is 1. The molecular weight excluding hydrogens is 392 g/mol. The van der Waals surface area contributed by atoms with Crippen molar-refractivity contribution in [3.05, 3.63) is 23.8 Å². The van der Waals surface area contributed by atoms with E-state index in [0.717, 1.165) is 19.3 Å². The van der Waals surface area contributed by atoms with Crippen LogP contribution in [0.2, 0.25) is 0 Å². The van der Waals surface area contributed by atoms with E-state index in [1.807, 2.05) is 6.08 Å². The number of carbonyl (C=O) groups excluding carboxylic acids is 2. The zero-order valence-corrected chi connectivity index (χ0v) is 19.8.